The van der Waals surface area contributed by atoms with E-state index in [1.807, 2.05) is 24.3 Å². The Labute approximate surface area is 164 Å². The number of aromatic nitrogens is 2. The standard InChI is InChI=1S/C20H25N5O3/c26-20(15-7-11-27-12-8-15)22-19-6-5-18(23-24-19)21-16-3-1-2-4-17(16)25-9-13-28-14-10-25/h1-6,15H,7-14H2,(H,21,23)(H,22,24,26). The van der Waals surface area contributed by atoms with Gasteiger partial charge in [0.1, 0.15) is 0 Å². The quantitative estimate of drug-likeness (QED) is 0.820. The molecule has 8 heteroatoms. The topological polar surface area (TPSA) is 88.6 Å². The van der Waals surface area contributed by atoms with E-state index in [0.29, 0.717) is 24.8 Å². The molecular weight excluding hydrogens is 358 g/mol. The van der Waals surface area contributed by atoms with Gasteiger partial charge in [-0.05, 0) is 37.1 Å². The molecule has 8 nitrogen and oxygen atoms in total. The molecule has 148 valence electrons. The summed E-state index contributed by atoms with van der Waals surface area (Å²) in [6, 6.07) is 11.7. The van der Waals surface area contributed by atoms with E-state index in [1.165, 1.54) is 0 Å². The van der Waals surface area contributed by atoms with Crippen LogP contribution < -0.4 is 15.5 Å². The van der Waals surface area contributed by atoms with Crippen molar-refractivity contribution in [2.45, 2.75) is 12.8 Å². The maximum absolute atomic E-state index is 12.3. The van der Waals surface area contributed by atoms with Crippen molar-refractivity contribution in [1.29, 1.82) is 0 Å². The summed E-state index contributed by atoms with van der Waals surface area (Å²) in [5.41, 5.74) is 2.09. The molecule has 0 spiro atoms. The van der Waals surface area contributed by atoms with E-state index in [1.54, 1.807) is 6.07 Å². The molecule has 2 aliphatic rings. The molecule has 2 N–H and O–H groups in total. The molecule has 1 amide bonds. The normalized spacial score (nSPS) is 17.9. The summed E-state index contributed by atoms with van der Waals surface area (Å²) in [5.74, 6) is 1.05. The average molecular weight is 383 g/mol. The average Bonchev–Trinajstić information content (AvgIpc) is 2.77. The molecule has 0 atom stereocenters. The first-order chi connectivity index (χ1) is 13.8. The van der Waals surface area contributed by atoms with Gasteiger partial charge in [-0.25, -0.2) is 0 Å². The van der Waals surface area contributed by atoms with E-state index in [-0.39, 0.29) is 11.8 Å². The number of hydrogen-bond acceptors (Lipinski definition) is 7. The monoisotopic (exact) mass is 383 g/mol. The van der Waals surface area contributed by atoms with Gasteiger partial charge in [0.25, 0.3) is 0 Å². The minimum Gasteiger partial charge on any atom is -0.381 e. The first-order valence-electron chi connectivity index (χ1n) is 9.71. The van der Waals surface area contributed by atoms with Gasteiger partial charge in [-0.15, -0.1) is 10.2 Å². The van der Waals surface area contributed by atoms with Gasteiger partial charge in [0.15, 0.2) is 11.6 Å². The smallest absolute Gasteiger partial charge is 0.228 e. The third-order valence-corrected chi connectivity index (χ3v) is 5.03. The van der Waals surface area contributed by atoms with Crippen molar-refractivity contribution >= 4 is 28.9 Å². The lowest BCUT2D eigenvalue weighted by molar-refractivity contribution is -0.122. The summed E-state index contributed by atoms with van der Waals surface area (Å²) in [6.07, 6.45) is 1.49. The van der Waals surface area contributed by atoms with E-state index in [9.17, 15) is 4.79 Å². The van der Waals surface area contributed by atoms with Crippen molar-refractivity contribution in [3.63, 3.8) is 0 Å². The van der Waals surface area contributed by atoms with Crippen LogP contribution in [0.5, 0.6) is 0 Å². The number of ether oxygens (including phenoxy) is 2. The van der Waals surface area contributed by atoms with Crippen LogP contribution in [0.15, 0.2) is 36.4 Å². The third-order valence-electron chi connectivity index (χ3n) is 5.03. The molecule has 28 heavy (non-hydrogen) atoms. The molecule has 2 fully saturated rings. The minimum absolute atomic E-state index is 0.0176. The van der Waals surface area contributed by atoms with E-state index in [2.05, 4.69) is 31.8 Å². The molecule has 0 radical (unpaired) electrons. The largest absolute Gasteiger partial charge is 0.381 e. The number of nitrogens with zero attached hydrogens (tertiary/aromatic N) is 3. The number of hydrogen-bond donors (Lipinski definition) is 2. The molecule has 3 heterocycles. The molecule has 2 aliphatic heterocycles. The Kier molecular flexibility index (Phi) is 5.98. The zero-order chi connectivity index (χ0) is 19.2. The number of anilines is 4. The Morgan fingerprint density at radius 3 is 2.36 bits per heavy atom. The van der Waals surface area contributed by atoms with Crippen molar-refractivity contribution in [2.75, 3.05) is 55.1 Å². The van der Waals surface area contributed by atoms with Gasteiger partial charge in [-0.3, -0.25) is 4.79 Å². The molecule has 0 unspecified atom stereocenters. The van der Waals surface area contributed by atoms with Gasteiger partial charge in [0.05, 0.1) is 24.6 Å². The van der Waals surface area contributed by atoms with Gasteiger partial charge in [-0.1, -0.05) is 12.1 Å². The molecule has 0 aliphatic carbocycles. The Hall–Kier alpha value is -2.71. The Bertz CT molecular complexity index is 787. The first-order valence-corrected chi connectivity index (χ1v) is 9.71. The van der Waals surface area contributed by atoms with Crippen molar-refractivity contribution < 1.29 is 14.3 Å². The van der Waals surface area contributed by atoms with Gasteiger partial charge < -0.3 is 25.0 Å². The maximum Gasteiger partial charge on any atom is 0.228 e. The number of morpholine rings is 1. The van der Waals surface area contributed by atoms with Gasteiger partial charge in [0, 0.05) is 32.2 Å². The zero-order valence-electron chi connectivity index (χ0n) is 15.8. The highest BCUT2D eigenvalue weighted by molar-refractivity contribution is 5.91. The molecule has 1 aromatic heterocycles. The predicted molar refractivity (Wildman–Crippen MR) is 107 cm³/mol. The number of carbonyl (C=O) groups excluding carboxylic acids is 1. The second-order valence-electron chi connectivity index (χ2n) is 6.92. The second-order valence-corrected chi connectivity index (χ2v) is 6.92. The fourth-order valence-electron chi connectivity index (χ4n) is 3.45. The van der Waals surface area contributed by atoms with Crippen LogP contribution in [-0.2, 0) is 14.3 Å². The summed E-state index contributed by atoms with van der Waals surface area (Å²) in [7, 11) is 0. The number of rotatable bonds is 5. The summed E-state index contributed by atoms with van der Waals surface area (Å²) < 4.78 is 10.7. The van der Waals surface area contributed by atoms with Crippen molar-refractivity contribution in [1.82, 2.24) is 10.2 Å². The molecule has 0 saturated carbocycles. The van der Waals surface area contributed by atoms with E-state index in [0.717, 1.165) is 50.5 Å². The van der Waals surface area contributed by atoms with Gasteiger partial charge >= 0.3 is 0 Å². The van der Waals surface area contributed by atoms with E-state index >= 15 is 0 Å². The SMILES string of the molecule is O=C(Nc1ccc(Nc2ccccc2N2CCOCC2)nn1)C1CCOCC1. The van der Waals surface area contributed by atoms with Crippen LogP contribution in [0.1, 0.15) is 12.8 Å². The Balaban J connectivity index is 1.40. The number of nitrogens with one attached hydrogen (secondary N) is 2. The van der Waals surface area contributed by atoms with Crippen molar-refractivity contribution in [2.24, 2.45) is 5.92 Å². The number of carbonyl (C=O) groups is 1. The van der Waals surface area contributed by atoms with Crippen LogP contribution in [0.25, 0.3) is 0 Å². The molecule has 4 rings (SSSR count). The summed E-state index contributed by atoms with van der Waals surface area (Å²) in [6.45, 7) is 4.46. The van der Waals surface area contributed by atoms with Crippen LogP contribution in [-0.4, -0.2) is 55.6 Å². The molecule has 2 aromatic rings. The van der Waals surface area contributed by atoms with Gasteiger partial charge in [0.2, 0.25) is 5.91 Å². The fourth-order valence-corrected chi connectivity index (χ4v) is 3.45. The first kappa shape index (κ1) is 18.6. The highest BCUT2D eigenvalue weighted by Gasteiger charge is 2.22. The highest BCUT2D eigenvalue weighted by Crippen LogP contribution is 2.28. The fraction of sp³-hybridized carbons (Fsp3) is 0.450. The predicted octanol–water partition coefficient (Wildman–Crippen LogP) is 2.42. The highest BCUT2D eigenvalue weighted by atomic mass is 16.5. The van der Waals surface area contributed by atoms with Crippen LogP contribution in [0, 0.1) is 5.92 Å². The van der Waals surface area contributed by atoms with E-state index in [4.69, 9.17) is 9.47 Å². The number of amides is 1. The van der Waals surface area contributed by atoms with Crippen LogP contribution in [0.3, 0.4) is 0 Å². The minimum atomic E-state index is -0.0197. The van der Waals surface area contributed by atoms with Crippen molar-refractivity contribution in [3.05, 3.63) is 36.4 Å². The summed E-state index contributed by atoms with van der Waals surface area (Å²) in [4.78, 5) is 14.6. The van der Waals surface area contributed by atoms with Gasteiger partial charge in [-0.2, -0.15) is 0 Å². The van der Waals surface area contributed by atoms with Crippen molar-refractivity contribution in [3.8, 4) is 0 Å². The Morgan fingerprint density at radius 1 is 0.929 bits per heavy atom. The lowest BCUT2D eigenvalue weighted by atomic mass is 9.99. The van der Waals surface area contributed by atoms with Crippen LogP contribution in [0.2, 0.25) is 0 Å². The third kappa shape index (κ3) is 4.58. The van der Waals surface area contributed by atoms with Crippen LogP contribution >= 0.6 is 0 Å². The Morgan fingerprint density at radius 2 is 1.61 bits per heavy atom. The second kappa shape index (κ2) is 8.99. The number of benzene rings is 1. The molecule has 0 bridgehead atoms. The summed E-state index contributed by atoms with van der Waals surface area (Å²) >= 11 is 0. The molecular formula is C20H25N5O3. The lowest BCUT2D eigenvalue weighted by Gasteiger charge is -2.30. The number of para-hydroxylation sites is 2. The lowest BCUT2D eigenvalue weighted by Crippen LogP contribution is -2.36. The van der Waals surface area contributed by atoms with E-state index < -0.39 is 0 Å². The van der Waals surface area contributed by atoms with Crippen LogP contribution in [0.4, 0.5) is 23.0 Å². The molecule has 2 saturated heterocycles. The maximum atomic E-state index is 12.3. The zero-order valence-corrected chi connectivity index (χ0v) is 15.8. The summed E-state index contributed by atoms with van der Waals surface area (Å²) in [5, 5.41) is 14.5. The molecule has 1 aromatic carbocycles.